The fourth-order valence-electron chi connectivity index (χ4n) is 1.68. The lowest BCUT2D eigenvalue weighted by atomic mass is 10.2. The molecule has 0 bridgehead atoms. The van der Waals surface area contributed by atoms with E-state index in [4.69, 9.17) is 5.73 Å². The predicted octanol–water partition coefficient (Wildman–Crippen LogP) is 1.28. The van der Waals surface area contributed by atoms with E-state index < -0.39 is 10.0 Å². The maximum absolute atomic E-state index is 11.7. The zero-order chi connectivity index (χ0) is 13.4. The van der Waals surface area contributed by atoms with Gasteiger partial charge in [-0.3, -0.25) is 0 Å². The van der Waals surface area contributed by atoms with Gasteiger partial charge in [0, 0.05) is 12.6 Å². The third kappa shape index (κ3) is 6.14. The molecule has 4 nitrogen and oxygen atoms in total. The number of rotatable bonds is 8. The van der Waals surface area contributed by atoms with E-state index in [1.165, 1.54) is 0 Å². The summed E-state index contributed by atoms with van der Waals surface area (Å²) in [5.41, 5.74) is 6.80. The maximum atomic E-state index is 11.7. The van der Waals surface area contributed by atoms with Crippen molar-refractivity contribution in [2.45, 2.75) is 32.2 Å². The normalized spacial score (nSPS) is 13.4. The summed E-state index contributed by atoms with van der Waals surface area (Å²) in [6, 6.07) is 9.50. The summed E-state index contributed by atoms with van der Waals surface area (Å²) in [6.45, 7) is 2.36. The number of aryl methyl sites for hydroxylation is 1. The molecule has 0 fully saturated rings. The largest absolute Gasteiger partial charge is 0.327 e. The molecule has 18 heavy (non-hydrogen) atoms. The third-order valence-electron chi connectivity index (χ3n) is 2.73. The van der Waals surface area contributed by atoms with Gasteiger partial charge in [0.1, 0.15) is 0 Å². The molecule has 0 amide bonds. The Balaban J connectivity index is 2.36. The lowest BCUT2D eigenvalue weighted by Gasteiger charge is -2.12. The number of hydrogen-bond acceptors (Lipinski definition) is 3. The molecule has 102 valence electrons. The molecule has 1 aromatic rings. The molecule has 5 heteroatoms. The summed E-state index contributed by atoms with van der Waals surface area (Å²) < 4.78 is 26.1. The predicted molar refractivity (Wildman–Crippen MR) is 74.8 cm³/mol. The van der Waals surface area contributed by atoms with E-state index in [9.17, 15) is 8.42 Å². The van der Waals surface area contributed by atoms with Crippen LogP contribution in [0.3, 0.4) is 0 Å². The van der Waals surface area contributed by atoms with Gasteiger partial charge >= 0.3 is 0 Å². The molecule has 0 saturated carbocycles. The van der Waals surface area contributed by atoms with Crippen LogP contribution in [-0.4, -0.2) is 26.8 Å². The van der Waals surface area contributed by atoms with Gasteiger partial charge in [-0.15, -0.1) is 0 Å². The summed E-state index contributed by atoms with van der Waals surface area (Å²) >= 11 is 0. The van der Waals surface area contributed by atoms with Gasteiger partial charge in [-0.05, 0) is 18.4 Å². The van der Waals surface area contributed by atoms with Crippen LogP contribution in [0.4, 0.5) is 0 Å². The maximum Gasteiger partial charge on any atom is 0.211 e. The highest BCUT2D eigenvalue weighted by molar-refractivity contribution is 7.89. The first-order valence-corrected chi connectivity index (χ1v) is 7.95. The van der Waals surface area contributed by atoms with Crippen LogP contribution in [0.5, 0.6) is 0 Å². The zero-order valence-electron chi connectivity index (χ0n) is 10.8. The Morgan fingerprint density at radius 3 is 2.56 bits per heavy atom. The first-order chi connectivity index (χ1) is 8.53. The number of sulfonamides is 1. The molecule has 3 N–H and O–H groups in total. The van der Waals surface area contributed by atoms with Gasteiger partial charge in [0.25, 0.3) is 0 Å². The Hall–Kier alpha value is -0.910. The Bertz CT molecular complexity index is 432. The lowest BCUT2D eigenvalue weighted by Crippen LogP contribution is -2.38. The fraction of sp³-hybridized carbons (Fsp3) is 0.538. The molecule has 0 radical (unpaired) electrons. The second-order valence-electron chi connectivity index (χ2n) is 4.45. The average molecular weight is 270 g/mol. The monoisotopic (exact) mass is 270 g/mol. The summed E-state index contributed by atoms with van der Waals surface area (Å²) in [4.78, 5) is 0. The van der Waals surface area contributed by atoms with Crippen molar-refractivity contribution >= 4 is 10.0 Å². The highest BCUT2D eigenvalue weighted by Crippen LogP contribution is 2.01. The van der Waals surface area contributed by atoms with Crippen molar-refractivity contribution in [3.63, 3.8) is 0 Å². The lowest BCUT2D eigenvalue weighted by molar-refractivity contribution is 0.552. The first kappa shape index (κ1) is 15.1. The summed E-state index contributed by atoms with van der Waals surface area (Å²) in [5.74, 6) is 0.107. The Morgan fingerprint density at radius 2 is 1.94 bits per heavy atom. The minimum atomic E-state index is -3.22. The summed E-state index contributed by atoms with van der Waals surface area (Å²) in [5, 5.41) is 0. The number of hydrogen-bond donors (Lipinski definition) is 2. The molecule has 1 rings (SSSR count). The van der Waals surface area contributed by atoms with Crippen LogP contribution in [0.25, 0.3) is 0 Å². The minimum absolute atomic E-state index is 0.0958. The first-order valence-electron chi connectivity index (χ1n) is 6.30. The molecule has 1 aromatic carbocycles. The molecule has 0 heterocycles. The van der Waals surface area contributed by atoms with Gasteiger partial charge in [0.15, 0.2) is 0 Å². The molecule has 0 spiro atoms. The zero-order valence-corrected chi connectivity index (χ0v) is 11.6. The molecular weight excluding hydrogens is 248 g/mol. The van der Waals surface area contributed by atoms with Crippen molar-refractivity contribution < 1.29 is 8.42 Å². The number of benzene rings is 1. The van der Waals surface area contributed by atoms with Crippen LogP contribution >= 0.6 is 0 Å². The molecule has 1 atom stereocenters. The van der Waals surface area contributed by atoms with Crippen molar-refractivity contribution in [3.05, 3.63) is 35.9 Å². The third-order valence-corrected chi connectivity index (χ3v) is 4.08. The number of nitrogens with one attached hydrogen (secondary N) is 1. The van der Waals surface area contributed by atoms with E-state index in [1.54, 1.807) is 0 Å². The van der Waals surface area contributed by atoms with E-state index in [0.717, 1.165) is 18.4 Å². The SMILES string of the molecule is CCCC(N)CNS(=O)(=O)CCc1ccccc1. The van der Waals surface area contributed by atoms with Crippen molar-refractivity contribution in [2.75, 3.05) is 12.3 Å². The highest BCUT2D eigenvalue weighted by atomic mass is 32.2. The molecule has 0 aromatic heterocycles. The van der Waals surface area contributed by atoms with Crippen LogP contribution in [0.15, 0.2) is 30.3 Å². The average Bonchev–Trinajstić information content (AvgIpc) is 2.36. The topological polar surface area (TPSA) is 72.2 Å². The van der Waals surface area contributed by atoms with Crippen LogP contribution in [0.1, 0.15) is 25.3 Å². The van der Waals surface area contributed by atoms with Crippen LogP contribution < -0.4 is 10.5 Å². The Kier molecular flexibility index (Phi) is 6.32. The molecular formula is C13H22N2O2S. The van der Waals surface area contributed by atoms with Crippen LogP contribution in [-0.2, 0) is 16.4 Å². The van der Waals surface area contributed by atoms with E-state index in [2.05, 4.69) is 4.72 Å². The van der Waals surface area contributed by atoms with Gasteiger partial charge in [-0.25, -0.2) is 13.1 Å². The van der Waals surface area contributed by atoms with Gasteiger partial charge in [0.2, 0.25) is 10.0 Å². The van der Waals surface area contributed by atoms with E-state index in [-0.39, 0.29) is 11.8 Å². The fourth-order valence-corrected chi connectivity index (χ4v) is 2.79. The van der Waals surface area contributed by atoms with Gasteiger partial charge in [0.05, 0.1) is 5.75 Å². The van der Waals surface area contributed by atoms with Crippen LogP contribution in [0.2, 0.25) is 0 Å². The molecule has 1 unspecified atom stereocenters. The van der Waals surface area contributed by atoms with Crippen molar-refractivity contribution in [1.82, 2.24) is 4.72 Å². The second-order valence-corrected chi connectivity index (χ2v) is 6.38. The van der Waals surface area contributed by atoms with Gasteiger partial charge in [-0.2, -0.15) is 0 Å². The van der Waals surface area contributed by atoms with Crippen molar-refractivity contribution in [1.29, 1.82) is 0 Å². The molecule has 0 saturated heterocycles. The van der Waals surface area contributed by atoms with Crippen LogP contribution in [0, 0.1) is 0 Å². The minimum Gasteiger partial charge on any atom is -0.327 e. The number of nitrogens with two attached hydrogens (primary N) is 1. The van der Waals surface area contributed by atoms with Crippen molar-refractivity contribution in [3.8, 4) is 0 Å². The molecule has 0 aliphatic rings. The second kappa shape index (κ2) is 7.51. The van der Waals surface area contributed by atoms with E-state index >= 15 is 0 Å². The Labute approximate surface area is 110 Å². The standard InChI is InChI=1S/C13H22N2O2S/c1-2-6-13(14)11-15-18(16,17)10-9-12-7-4-3-5-8-12/h3-5,7-8,13,15H,2,6,9-11,14H2,1H3. The smallest absolute Gasteiger partial charge is 0.211 e. The van der Waals surface area contributed by atoms with Gasteiger partial charge < -0.3 is 5.73 Å². The quantitative estimate of drug-likeness (QED) is 0.747. The molecule has 0 aliphatic carbocycles. The summed E-state index contributed by atoms with van der Waals surface area (Å²) in [6.07, 6.45) is 2.33. The highest BCUT2D eigenvalue weighted by Gasteiger charge is 2.11. The van der Waals surface area contributed by atoms with E-state index in [0.29, 0.717) is 13.0 Å². The molecule has 0 aliphatic heterocycles. The Morgan fingerprint density at radius 1 is 1.28 bits per heavy atom. The summed E-state index contributed by atoms with van der Waals surface area (Å²) in [7, 11) is -3.22. The van der Waals surface area contributed by atoms with Crippen molar-refractivity contribution in [2.24, 2.45) is 5.73 Å². The van der Waals surface area contributed by atoms with E-state index in [1.807, 2.05) is 37.3 Å². The van der Waals surface area contributed by atoms with Gasteiger partial charge in [-0.1, -0.05) is 43.7 Å².